The van der Waals surface area contributed by atoms with Crippen molar-refractivity contribution >= 4 is 16.9 Å². The van der Waals surface area contributed by atoms with E-state index in [1.54, 1.807) is 11.7 Å². The highest BCUT2D eigenvalue weighted by atomic mass is 16.5. The molecule has 0 spiro atoms. The average Bonchev–Trinajstić information content (AvgIpc) is 2.92. The zero-order valence-corrected chi connectivity index (χ0v) is 15.4. The van der Waals surface area contributed by atoms with Gasteiger partial charge in [-0.25, -0.2) is 4.79 Å². The smallest absolute Gasteiger partial charge is 0.326 e. The van der Waals surface area contributed by atoms with Crippen molar-refractivity contribution in [3.63, 3.8) is 0 Å². The molecule has 1 aliphatic rings. The number of likely N-dealkylation sites (N-methyl/N-ethyl adjacent to an activating group) is 1. The normalized spacial score (nSPS) is 14.7. The van der Waals surface area contributed by atoms with Crippen molar-refractivity contribution in [2.45, 2.75) is 12.8 Å². The number of hydrogen-bond donors (Lipinski definition) is 1. The number of aromatic nitrogens is 1. The number of carbonyl (C=O) groups is 1. The molecule has 138 valence electrons. The Morgan fingerprint density at radius 2 is 2.16 bits per heavy atom. The minimum absolute atomic E-state index is 0. The number of nitrogens with zero attached hydrogens (tertiary/aromatic N) is 3. The maximum atomic E-state index is 12.7. The number of benzene rings is 1. The van der Waals surface area contributed by atoms with Crippen LogP contribution in [0.15, 0.2) is 24.4 Å². The number of amides is 1. The highest BCUT2D eigenvalue weighted by Gasteiger charge is 2.16. The molecule has 2 heterocycles. The van der Waals surface area contributed by atoms with Crippen molar-refractivity contribution in [3.8, 4) is 5.75 Å². The van der Waals surface area contributed by atoms with Gasteiger partial charge in [-0.15, -0.1) is 0 Å². The van der Waals surface area contributed by atoms with Gasteiger partial charge in [-0.05, 0) is 57.7 Å². The van der Waals surface area contributed by atoms with Crippen molar-refractivity contribution in [3.05, 3.63) is 30.0 Å². The van der Waals surface area contributed by atoms with Gasteiger partial charge in [0.25, 0.3) is 0 Å². The van der Waals surface area contributed by atoms with Crippen molar-refractivity contribution in [2.24, 2.45) is 0 Å². The molecule has 0 saturated carbocycles. The number of ether oxygens (including phenoxy) is 1. The van der Waals surface area contributed by atoms with Gasteiger partial charge < -0.3 is 19.9 Å². The van der Waals surface area contributed by atoms with Gasteiger partial charge in [-0.2, -0.15) is 0 Å². The summed E-state index contributed by atoms with van der Waals surface area (Å²) in [5, 5.41) is 4.15. The lowest BCUT2D eigenvalue weighted by atomic mass is 10.1. The zero-order valence-electron chi connectivity index (χ0n) is 15.4. The van der Waals surface area contributed by atoms with E-state index in [2.05, 4.69) is 29.2 Å². The minimum Gasteiger partial charge on any atom is -0.497 e. The van der Waals surface area contributed by atoms with Gasteiger partial charge in [0, 0.05) is 38.7 Å². The van der Waals surface area contributed by atoms with E-state index in [0.29, 0.717) is 6.54 Å². The Kier molecular flexibility index (Phi) is 5.60. The summed E-state index contributed by atoms with van der Waals surface area (Å²) >= 11 is 0. The van der Waals surface area contributed by atoms with Crippen LogP contribution in [-0.4, -0.2) is 74.3 Å². The molecule has 0 atom stereocenters. The molecular weight excluding hydrogens is 316 g/mol. The highest BCUT2D eigenvalue weighted by Crippen LogP contribution is 2.26. The molecule has 2 aromatic rings. The van der Waals surface area contributed by atoms with Gasteiger partial charge in [0.05, 0.1) is 12.6 Å². The third-order valence-electron chi connectivity index (χ3n) is 4.80. The van der Waals surface area contributed by atoms with E-state index < -0.39 is 0 Å². The fourth-order valence-corrected chi connectivity index (χ4v) is 3.13. The van der Waals surface area contributed by atoms with E-state index in [9.17, 15) is 4.79 Å². The molecule has 0 bridgehead atoms. The highest BCUT2D eigenvalue weighted by molar-refractivity contribution is 5.94. The lowest BCUT2D eigenvalue weighted by molar-refractivity contribution is 0.181. The van der Waals surface area contributed by atoms with Crippen LogP contribution in [0.5, 0.6) is 5.75 Å². The number of fused-ring (bicyclic) bond motifs is 1. The van der Waals surface area contributed by atoms with Gasteiger partial charge in [0.2, 0.25) is 0 Å². The minimum atomic E-state index is -0.0742. The molecule has 1 amide bonds. The maximum Gasteiger partial charge on any atom is 0.326 e. The zero-order chi connectivity index (χ0) is 17.8. The predicted octanol–water partition coefficient (Wildman–Crippen LogP) is 2.26. The Hall–Kier alpha value is -2.05. The standard InChI is InChI=1S/C19H28N4O2.H2/c1-21(2)11-7-15-14-23(18-13-16(25-3)5-6-17(15)18)19(24)20-8-12-22-9-4-10-22;/h5-6,13-14H,4,7-12H2,1-3H3,(H,20,24);1H. The Balaban J connectivity index is 0.00000243. The molecule has 0 unspecified atom stereocenters. The Morgan fingerprint density at radius 3 is 2.80 bits per heavy atom. The van der Waals surface area contributed by atoms with E-state index in [1.807, 2.05) is 24.4 Å². The van der Waals surface area contributed by atoms with E-state index in [0.717, 1.165) is 49.3 Å². The molecule has 1 aromatic heterocycles. The van der Waals surface area contributed by atoms with Crippen LogP contribution in [0.3, 0.4) is 0 Å². The molecule has 6 nitrogen and oxygen atoms in total. The third kappa shape index (κ3) is 4.14. The molecule has 25 heavy (non-hydrogen) atoms. The molecule has 3 rings (SSSR count). The lowest BCUT2D eigenvalue weighted by Crippen LogP contribution is -2.43. The molecule has 1 saturated heterocycles. The first-order valence-corrected chi connectivity index (χ1v) is 8.92. The summed E-state index contributed by atoms with van der Waals surface area (Å²) in [5.74, 6) is 0.763. The SMILES string of the molecule is COc1ccc2c(CCN(C)C)cn(C(=O)NCCN3CCC3)c2c1.[HH]. The molecular formula is C19H30N4O2. The number of rotatable bonds is 7. The summed E-state index contributed by atoms with van der Waals surface area (Å²) < 4.78 is 7.06. The number of hydrogen-bond acceptors (Lipinski definition) is 4. The van der Waals surface area contributed by atoms with Crippen LogP contribution in [0, 0.1) is 0 Å². The molecule has 1 N–H and O–H groups in total. The second-order valence-corrected chi connectivity index (χ2v) is 6.89. The van der Waals surface area contributed by atoms with Gasteiger partial charge in [-0.3, -0.25) is 4.57 Å². The monoisotopic (exact) mass is 346 g/mol. The fourth-order valence-electron chi connectivity index (χ4n) is 3.13. The average molecular weight is 346 g/mol. The molecule has 1 fully saturated rings. The Bertz CT molecular complexity index is 740. The quantitative estimate of drug-likeness (QED) is 0.835. The van der Waals surface area contributed by atoms with Gasteiger partial charge in [0.15, 0.2) is 0 Å². The number of carbonyl (C=O) groups excluding carboxylic acids is 1. The summed E-state index contributed by atoms with van der Waals surface area (Å²) in [6.45, 7) is 4.83. The summed E-state index contributed by atoms with van der Waals surface area (Å²) in [5.41, 5.74) is 2.08. The van der Waals surface area contributed by atoms with E-state index >= 15 is 0 Å². The van der Waals surface area contributed by atoms with Gasteiger partial charge in [-0.1, -0.05) is 0 Å². The van der Waals surface area contributed by atoms with Crippen molar-refractivity contribution in [1.82, 2.24) is 19.7 Å². The van der Waals surface area contributed by atoms with Crippen molar-refractivity contribution < 1.29 is 11.0 Å². The topological polar surface area (TPSA) is 49.7 Å². The summed E-state index contributed by atoms with van der Waals surface area (Å²) in [6, 6.07) is 5.86. The number of nitrogens with one attached hydrogen (secondary N) is 1. The fraction of sp³-hybridized carbons (Fsp3) is 0.526. The van der Waals surface area contributed by atoms with Crippen LogP contribution >= 0.6 is 0 Å². The molecule has 0 radical (unpaired) electrons. The largest absolute Gasteiger partial charge is 0.497 e. The van der Waals surface area contributed by atoms with E-state index in [-0.39, 0.29) is 7.46 Å². The Morgan fingerprint density at radius 1 is 1.36 bits per heavy atom. The second kappa shape index (κ2) is 7.89. The van der Waals surface area contributed by atoms with E-state index in [4.69, 9.17) is 4.74 Å². The molecule has 6 heteroatoms. The van der Waals surface area contributed by atoms with Gasteiger partial charge in [0.1, 0.15) is 5.75 Å². The number of methoxy groups -OCH3 is 1. The summed E-state index contributed by atoms with van der Waals surface area (Å²) in [4.78, 5) is 17.2. The third-order valence-corrected chi connectivity index (χ3v) is 4.80. The lowest BCUT2D eigenvalue weighted by Gasteiger charge is -2.30. The van der Waals surface area contributed by atoms with Crippen LogP contribution < -0.4 is 10.1 Å². The first-order chi connectivity index (χ1) is 12.1. The van der Waals surface area contributed by atoms with Crippen LogP contribution in [-0.2, 0) is 6.42 Å². The van der Waals surface area contributed by atoms with Crippen LogP contribution in [0.4, 0.5) is 4.79 Å². The Labute approximate surface area is 150 Å². The predicted molar refractivity (Wildman–Crippen MR) is 103 cm³/mol. The molecule has 1 aromatic carbocycles. The van der Waals surface area contributed by atoms with Gasteiger partial charge >= 0.3 is 6.03 Å². The van der Waals surface area contributed by atoms with Crippen LogP contribution in [0.1, 0.15) is 13.4 Å². The number of likely N-dealkylation sites (tertiary alicyclic amines) is 1. The first-order valence-electron chi connectivity index (χ1n) is 8.92. The van der Waals surface area contributed by atoms with Crippen LogP contribution in [0.2, 0.25) is 0 Å². The van der Waals surface area contributed by atoms with Crippen molar-refractivity contribution in [1.29, 1.82) is 0 Å². The molecule has 1 aliphatic heterocycles. The summed E-state index contributed by atoms with van der Waals surface area (Å²) in [6.07, 6.45) is 4.14. The summed E-state index contributed by atoms with van der Waals surface area (Å²) in [7, 11) is 5.77. The molecule has 0 aliphatic carbocycles. The first kappa shape index (κ1) is 17.8. The van der Waals surface area contributed by atoms with E-state index in [1.165, 1.54) is 12.0 Å². The van der Waals surface area contributed by atoms with Crippen LogP contribution in [0.25, 0.3) is 10.9 Å². The second-order valence-electron chi connectivity index (χ2n) is 6.89. The maximum absolute atomic E-state index is 12.7. The van der Waals surface area contributed by atoms with Crippen molar-refractivity contribution in [2.75, 3.05) is 53.9 Å².